The Morgan fingerprint density at radius 1 is 1.28 bits per heavy atom. The van der Waals surface area contributed by atoms with Crippen molar-refractivity contribution in [1.82, 2.24) is 5.32 Å². The second-order valence-electron chi connectivity index (χ2n) is 5.50. The van der Waals surface area contributed by atoms with E-state index in [1.807, 2.05) is 18.7 Å². The fraction of sp³-hybridized carbons (Fsp3) is 0.929. The molecule has 0 saturated carbocycles. The molecule has 4 heteroatoms. The molecule has 1 unspecified atom stereocenters. The third kappa shape index (κ3) is 7.27. The van der Waals surface area contributed by atoms with E-state index >= 15 is 0 Å². The third-order valence-corrected chi connectivity index (χ3v) is 3.96. The Morgan fingerprint density at radius 3 is 2.33 bits per heavy atom. The first-order chi connectivity index (χ1) is 8.31. The van der Waals surface area contributed by atoms with Gasteiger partial charge in [-0.15, -0.1) is 0 Å². The number of rotatable bonds is 9. The second-order valence-corrected chi connectivity index (χ2v) is 7.18. The third-order valence-electron chi connectivity index (χ3n) is 2.77. The summed E-state index contributed by atoms with van der Waals surface area (Å²) < 4.78 is 4.90. The minimum absolute atomic E-state index is 0.160. The van der Waals surface area contributed by atoms with Crippen molar-refractivity contribution in [3.05, 3.63) is 0 Å². The molecule has 0 fully saturated rings. The smallest absolute Gasteiger partial charge is 0.325 e. The molecule has 0 amide bonds. The summed E-state index contributed by atoms with van der Waals surface area (Å²) in [6.45, 7) is 10.5. The molecule has 0 spiro atoms. The van der Waals surface area contributed by atoms with Crippen LogP contribution in [0.5, 0.6) is 0 Å². The number of methoxy groups -OCH3 is 1. The Hall–Kier alpha value is -0.220. The van der Waals surface area contributed by atoms with E-state index in [0.29, 0.717) is 5.25 Å². The fourth-order valence-corrected chi connectivity index (χ4v) is 2.84. The van der Waals surface area contributed by atoms with E-state index in [1.165, 1.54) is 7.11 Å². The lowest BCUT2D eigenvalue weighted by Crippen LogP contribution is -2.52. The van der Waals surface area contributed by atoms with Gasteiger partial charge < -0.3 is 4.74 Å². The Balaban J connectivity index is 4.13. The van der Waals surface area contributed by atoms with Crippen LogP contribution in [0.3, 0.4) is 0 Å². The van der Waals surface area contributed by atoms with Crippen LogP contribution < -0.4 is 5.32 Å². The molecule has 18 heavy (non-hydrogen) atoms. The van der Waals surface area contributed by atoms with E-state index in [2.05, 4.69) is 33.0 Å². The Labute approximate surface area is 116 Å². The van der Waals surface area contributed by atoms with E-state index in [4.69, 9.17) is 4.74 Å². The molecular formula is C14H29NO2S. The normalized spacial score (nSPS) is 14.9. The van der Waals surface area contributed by atoms with Crippen molar-refractivity contribution in [2.24, 2.45) is 0 Å². The number of hydrogen-bond acceptors (Lipinski definition) is 4. The first-order valence-corrected chi connectivity index (χ1v) is 7.84. The van der Waals surface area contributed by atoms with Crippen LogP contribution in [0.1, 0.15) is 53.9 Å². The SMILES string of the molecule is COC(=O)C(C)(CCCCSC(C)C)NC(C)C. The molecule has 0 aromatic carbocycles. The van der Waals surface area contributed by atoms with Crippen LogP contribution in [-0.4, -0.2) is 35.7 Å². The van der Waals surface area contributed by atoms with Crippen LogP contribution >= 0.6 is 11.8 Å². The number of unbranched alkanes of at least 4 members (excludes halogenated alkanes) is 1. The molecule has 108 valence electrons. The number of nitrogens with one attached hydrogen (secondary N) is 1. The summed E-state index contributed by atoms with van der Waals surface area (Å²) in [4.78, 5) is 11.9. The highest BCUT2D eigenvalue weighted by molar-refractivity contribution is 7.99. The lowest BCUT2D eigenvalue weighted by molar-refractivity contribution is -0.148. The van der Waals surface area contributed by atoms with Crippen LogP contribution in [0.2, 0.25) is 0 Å². The van der Waals surface area contributed by atoms with Gasteiger partial charge in [-0.3, -0.25) is 10.1 Å². The summed E-state index contributed by atoms with van der Waals surface area (Å²) in [6, 6.07) is 0.277. The zero-order chi connectivity index (χ0) is 14.2. The zero-order valence-corrected chi connectivity index (χ0v) is 13.5. The zero-order valence-electron chi connectivity index (χ0n) is 12.7. The number of ether oxygens (including phenoxy) is 1. The van der Waals surface area contributed by atoms with Crippen LogP contribution in [0.15, 0.2) is 0 Å². The highest BCUT2D eigenvalue weighted by atomic mass is 32.2. The van der Waals surface area contributed by atoms with Gasteiger partial charge in [0.2, 0.25) is 0 Å². The minimum Gasteiger partial charge on any atom is -0.468 e. The monoisotopic (exact) mass is 275 g/mol. The quantitative estimate of drug-likeness (QED) is 0.518. The summed E-state index contributed by atoms with van der Waals surface area (Å²) in [6.07, 6.45) is 3.02. The predicted octanol–water partition coefficient (Wildman–Crippen LogP) is 3.23. The summed E-state index contributed by atoms with van der Waals surface area (Å²) >= 11 is 1.97. The summed E-state index contributed by atoms with van der Waals surface area (Å²) in [5.41, 5.74) is -0.550. The van der Waals surface area contributed by atoms with Gasteiger partial charge in [0.1, 0.15) is 5.54 Å². The topological polar surface area (TPSA) is 38.3 Å². The number of hydrogen-bond donors (Lipinski definition) is 1. The number of thioether (sulfide) groups is 1. The maximum Gasteiger partial charge on any atom is 0.325 e. The Kier molecular flexibility index (Phi) is 8.70. The average Bonchev–Trinajstić information content (AvgIpc) is 2.26. The number of esters is 1. The molecule has 0 heterocycles. The molecule has 0 bridgehead atoms. The molecule has 1 N–H and O–H groups in total. The van der Waals surface area contributed by atoms with Crippen molar-refractivity contribution in [3.63, 3.8) is 0 Å². The van der Waals surface area contributed by atoms with Crippen molar-refractivity contribution in [3.8, 4) is 0 Å². The van der Waals surface area contributed by atoms with Crippen LogP contribution in [0, 0.1) is 0 Å². The molecule has 3 nitrogen and oxygen atoms in total. The Morgan fingerprint density at radius 2 is 1.89 bits per heavy atom. The predicted molar refractivity (Wildman–Crippen MR) is 80.1 cm³/mol. The molecule has 0 aliphatic carbocycles. The van der Waals surface area contributed by atoms with Crippen LogP contribution in [0.4, 0.5) is 0 Å². The lowest BCUT2D eigenvalue weighted by atomic mass is 9.94. The van der Waals surface area contributed by atoms with E-state index < -0.39 is 5.54 Å². The van der Waals surface area contributed by atoms with Gasteiger partial charge in [0.05, 0.1) is 7.11 Å². The first kappa shape index (κ1) is 17.8. The van der Waals surface area contributed by atoms with E-state index in [1.54, 1.807) is 0 Å². The van der Waals surface area contributed by atoms with Gasteiger partial charge >= 0.3 is 5.97 Å². The number of carbonyl (C=O) groups excluding carboxylic acids is 1. The maximum atomic E-state index is 11.9. The second kappa shape index (κ2) is 8.81. The van der Waals surface area contributed by atoms with Gasteiger partial charge in [0.25, 0.3) is 0 Å². The van der Waals surface area contributed by atoms with Gasteiger partial charge in [-0.2, -0.15) is 11.8 Å². The van der Waals surface area contributed by atoms with Crippen molar-refractivity contribution in [2.75, 3.05) is 12.9 Å². The molecule has 0 aromatic rings. The molecule has 0 aromatic heterocycles. The standard InChI is InChI=1S/C14H29NO2S/c1-11(2)15-14(5,13(16)17-6)9-7-8-10-18-12(3)4/h11-12,15H,7-10H2,1-6H3. The minimum atomic E-state index is -0.550. The highest BCUT2D eigenvalue weighted by Crippen LogP contribution is 2.19. The van der Waals surface area contributed by atoms with Crippen molar-refractivity contribution in [2.45, 2.75) is 70.7 Å². The van der Waals surface area contributed by atoms with Crippen molar-refractivity contribution < 1.29 is 9.53 Å². The Bertz CT molecular complexity index is 244. The van der Waals surface area contributed by atoms with E-state index in [-0.39, 0.29) is 12.0 Å². The van der Waals surface area contributed by atoms with Crippen LogP contribution in [-0.2, 0) is 9.53 Å². The lowest BCUT2D eigenvalue weighted by Gasteiger charge is -2.30. The molecule has 0 aliphatic heterocycles. The van der Waals surface area contributed by atoms with E-state index in [9.17, 15) is 4.79 Å². The summed E-state index contributed by atoms with van der Waals surface area (Å²) in [5, 5.41) is 4.01. The molecule has 0 rings (SSSR count). The number of carbonyl (C=O) groups is 1. The van der Waals surface area contributed by atoms with Gasteiger partial charge in [0.15, 0.2) is 0 Å². The van der Waals surface area contributed by atoms with Crippen molar-refractivity contribution in [1.29, 1.82) is 0 Å². The summed E-state index contributed by atoms with van der Waals surface area (Å²) in [5.74, 6) is 1.00. The van der Waals surface area contributed by atoms with Gasteiger partial charge in [-0.25, -0.2) is 0 Å². The van der Waals surface area contributed by atoms with Crippen molar-refractivity contribution >= 4 is 17.7 Å². The molecule has 0 aliphatic rings. The highest BCUT2D eigenvalue weighted by Gasteiger charge is 2.33. The molecular weight excluding hydrogens is 246 g/mol. The largest absolute Gasteiger partial charge is 0.468 e. The molecule has 0 saturated heterocycles. The van der Waals surface area contributed by atoms with E-state index in [0.717, 1.165) is 25.0 Å². The van der Waals surface area contributed by atoms with Crippen LogP contribution in [0.25, 0.3) is 0 Å². The van der Waals surface area contributed by atoms with Gasteiger partial charge in [-0.1, -0.05) is 20.3 Å². The first-order valence-electron chi connectivity index (χ1n) is 6.79. The molecule has 1 atom stereocenters. The van der Waals surface area contributed by atoms with Gasteiger partial charge in [-0.05, 0) is 44.6 Å². The fourth-order valence-electron chi connectivity index (χ4n) is 2.00. The maximum absolute atomic E-state index is 11.9. The molecule has 0 radical (unpaired) electrons. The van der Waals surface area contributed by atoms with Gasteiger partial charge in [0, 0.05) is 6.04 Å². The average molecular weight is 275 g/mol. The summed E-state index contributed by atoms with van der Waals surface area (Å²) in [7, 11) is 1.46.